The standard InChI is InChI=1S/C32H37NO6/c1-3-4-7-22-14-29(36)26(30(37)15-22)18-33-28-10-9-23(19-34)13-27(28)32(38)17-25(39-31(32)33)16-24(35)12-21-8-5-6-20(2)11-21/h5-6,8-11,13-15,25,31,34,36-38H,3-4,7,12,16-19H2,1-2H3/t25-,31?,32-/m1/s1. The molecule has 0 bridgehead atoms. The topological polar surface area (TPSA) is 110 Å². The summed E-state index contributed by atoms with van der Waals surface area (Å²) in [7, 11) is 0. The number of phenols is 2. The van der Waals surface area contributed by atoms with Crippen molar-refractivity contribution in [3.8, 4) is 11.5 Å². The van der Waals surface area contributed by atoms with Gasteiger partial charge in [-0.3, -0.25) is 4.79 Å². The Labute approximate surface area is 229 Å². The number of carbonyl (C=O) groups is 1. The van der Waals surface area contributed by atoms with Gasteiger partial charge in [-0.2, -0.15) is 0 Å². The second kappa shape index (κ2) is 11.0. The summed E-state index contributed by atoms with van der Waals surface area (Å²) in [6.07, 6.45) is 2.11. The number of ether oxygens (including phenoxy) is 1. The molecular weight excluding hydrogens is 494 g/mol. The minimum Gasteiger partial charge on any atom is -0.507 e. The highest BCUT2D eigenvalue weighted by atomic mass is 16.5. The lowest BCUT2D eigenvalue weighted by Gasteiger charge is -2.29. The number of aliphatic hydroxyl groups excluding tert-OH is 1. The lowest BCUT2D eigenvalue weighted by molar-refractivity contribution is -0.121. The van der Waals surface area contributed by atoms with E-state index < -0.39 is 17.9 Å². The first-order valence-electron chi connectivity index (χ1n) is 13.7. The van der Waals surface area contributed by atoms with Crippen LogP contribution in [-0.4, -0.2) is 38.5 Å². The molecule has 2 aliphatic rings. The van der Waals surface area contributed by atoms with E-state index in [1.807, 2.05) is 42.2 Å². The van der Waals surface area contributed by atoms with Gasteiger partial charge in [-0.25, -0.2) is 0 Å². The van der Waals surface area contributed by atoms with Crippen LogP contribution in [0.25, 0.3) is 0 Å². The molecule has 3 atom stereocenters. The zero-order valence-electron chi connectivity index (χ0n) is 22.6. The molecule has 1 fully saturated rings. The Balaban J connectivity index is 1.41. The first-order valence-corrected chi connectivity index (χ1v) is 13.7. The van der Waals surface area contributed by atoms with Crippen molar-refractivity contribution < 1.29 is 30.0 Å². The maximum absolute atomic E-state index is 12.9. The summed E-state index contributed by atoms with van der Waals surface area (Å²) >= 11 is 0. The number of hydrogen-bond acceptors (Lipinski definition) is 7. The number of Topliss-reactive ketones (excluding diaryl/α,β-unsaturated/α-hetero) is 1. The van der Waals surface area contributed by atoms with Gasteiger partial charge in [0.15, 0.2) is 6.23 Å². The number of nitrogens with zero attached hydrogens (tertiary/aromatic N) is 1. The van der Waals surface area contributed by atoms with Gasteiger partial charge >= 0.3 is 0 Å². The van der Waals surface area contributed by atoms with Gasteiger partial charge < -0.3 is 30.1 Å². The average molecular weight is 532 g/mol. The zero-order chi connectivity index (χ0) is 27.7. The van der Waals surface area contributed by atoms with Crippen LogP contribution in [0.3, 0.4) is 0 Å². The summed E-state index contributed by atoms with van der Waals surface area (Å²) in [5, 5.41) is 43.4. The number of rotatable bonds is 10. The first-order chi connectivity index (χ1) is 18.7. The van der Waals surface area contributed by atoms with Gasteiger partial charge in [0.25, 0.3) is 0 Å². The third-order valence-corrected chi connectivity index (χ3v) is 7.92. The highest BCUT2D eigenvalue weighted by Gasteiger charge is 2.57. The molecule has 1 unspecified atom stereocenters. The Morgan fingerprint density at radius 2 is 1.82 bits per heavy atom. The fourth-order valence-corrected chi connectivity index (χ4v) is 5.99. The van der Waals surface area contributed by atoms with Crippen LogP contribution < -0.4 is 4.90 Å². The van der Waals surface area contributed by atoms with Gasteiger partial charge in [0.1, 0.15) is 22.9 Å². The summed E-state index contributed by atoms with van der Waals surface area (Å²) in [5.41, 5.74) is 3.84. The van der Waals surface area contributed by atoms with E-state index in [2.05, 4.69) is 6.92 Å². The quantitative estimate of drug-likeness (QED) is 0.298. The number of carbonyl (C=O) groups excluding carboxylic acids is 1. The monoisotopic (exact) mass is 531 g/mol. The maximum atomic E-state index is 12.9. The predicted molar refractivity (Wildman–Crippen MR) is 149 cm³/mol. The van der Waals surface area contributed by atoms with E-state index in [1.54, 1.807) is 24.3 Å². The van der Waals surface area contributed by atoms with Gasteiger partial charge in [0.05, 0.1) is 24.8 Å². The number of aryl methyl sites for hydroxylation is 2. The molecule has 2 aliphatic heterocycles. The number of unbranched alkanes of at least 4 members (excludes halogenated alkanes) is 1. The first kappa shape index (κ1) is 27.2. The third kappa shape index (κ3) is 5.39. The van der Waals surface area contributed by atoms with E-state index in [0.29, 0.717) is 28.8 Å². The molecule has 4 N–H and O–H groups in total. The normalized spacial score (nSPS) is 21.7. The Kier molecular flexibility index (Phi) is 7.67. The molecule has 5 rings (SSSR count). The lowest BCUT2D eigenvalue weighted by atomic mass is 9.88. The van der Waals surface area contributed by atoms with Crippen molar-refractivity contribution in [2.45, 2.75) is 83.5 Å². The number of anilines is 1. The van der Waals surface area contributed by atoms with Crippen LogP contribution in [0.15, 0.2) is 54.6 Å². The molecule has 206 valence electrons. The predicted octanol–water partition coefficient (Wildman–Crippen LogP) is 4.77. The highest BCUT2D eigenvalue weighted by molar-refractivity contribution is 5.81. The van der Waals surface area contributed by atoms with Crippen molar-refractivity contribution in [3.63, 3.8) is 0 Å². The molecule has 7 nitrogen and oxygen atoms in total. The summed E-state index contributed by atoms with van der Waals surface area (Å²) in [6.45, 7) is 4.02. The van der Waals surface area contributed by atoms with E-state index in [0.717, 1.165) is 36.0 Å². The number of aromatic hydroxyl groups is 2. The molecule has 1 saturated heterocycles. The Bertz CT molecular complexity index is 1350. The Morgan fingerprint density at radius 1 is 1.05 bits per heavy atom. The van der Waals surface area contributed by atoms with Crippen molar-refractivity contribution in [3.05, 3.63) is 88.0 Å². The third-order valence-electron chi connectivity index (χ3n) is 7.92. The molecule has 0 aromatic heterocycles. The molecule has 0 amide bonds. The fourth-order valence-electron chi connectivity index (χ4n) is 5.99. The van der Waals surface area contributed by atoms with E-state index >= 15 is 0 Å². The minimum absolute atomic E-state index is 0.00653. The minimum atomic E-state index is -1.40. The van der Waals surface area contributed by atoms with Gasteiger partial charge in [-0.15, -0.1) is 0 Å². The summed E-state index contributed by atoms with van der Waals surface area (Å²) in [5.74, 6) is 0.0175. The van der Waals surface area contributed by atoms with Crippen LogP contribution in [0, 0.1) is 6.92 Å². The van der Waals surface area contributed by atoms with E-state index in [9.17, 15) is 25.2 Å². The smallest absolute Gasteiger partial charge is 0.164 e. The number of aliphatic hydroxyl groups is 2. The molecule has 39 heavy (non-hydrogen) atoms. The lowest BCUT2D eigenvalue weighted by Crippen LogP contribution is -2.41. The molecule has 3 aromatic rings. The second-order valence-electron chi connectivity index (χ2n) is 11.0. The second-order valence-corrected chi connectivity index (χ2v) is 11.0. The van der Waals surface area contributed by atoms with Crippen LogP contribution in [0.5, 0.6) is 11.5 Å². The van der Waals surface area contributed by atoms with Crippen LogP contribution >= 0.6 is 0 Å². The largest absolute Gasteiger partial charge is 0.507 e. The van der Waals surface area contributed by atoms with Crippen LogP contribution in [0.2, 0.25) is 0 Å². The Morgan fingerprint density at radius 3 is 2.51 bits per heavy atom. The molecule has 2 heterocycles. The van der Waals surface area contributed by atoms with E-state index in [1.165, 1.54) is 0 Å². The number of benzene rings is 3. The van der Waals surface area contributed by atoms with Gasteiger partial charge in [-0.05, 0) is 60.7 Å². The Hall–Kier alpha value is -3.39. The highest BCUT2D eigenvalue weighted by Crippen LogP contribution is 2.53. The van der Waals surface area contributed by atoms with Crippen LogP contribution in [0.1, 0.15) is 66.0 Å². The van der Waals surface area contributed by atoms with E-state index in [4.69, 9.17) is 4.74 Å². The molecule has 0 radical (unpaired) electrons. The van der Waals surface area contributed by atoms with Gasteiger partial charge in [0.2, 0.25) is 0 Å². The SMILES string of the molecule is CCCCc1cc(O)c(CN2c3ccc(CO)cc3[C@]3(O)C[C@@H](CC(=O)Cc4cccc(C)c4)OC23)c(O)c1. The van der Waals surface area contributed by atoms with Crippen molar-refractivity contribution >= 4 is 11.5 Å². The molecule has 0 saturated carbocycles. The molecule has 0 aliphatic carbocycles. The van der Waals surface area contributed by atoms with Crippen LogP contribution in [0.4, 0.5) is 5.69 Å². The molecule has 0 spiro atoms. The van der Waals surface area contributed by atoms with Crippen molar-refractivity contribution in [2.24, 2.45) is 0 Å². The summed E-state index contributed by atoms with van der Waals surface area (Å²) in [4.78, 5) is 14.8. The number of hydrogen-bond donors (Lipinski definition) is 4. The fraction of sp³-hybridized carbons (Fsp3) is 0.406. The summed E-state index contributed by atoms with van der Waals surface area (Å²) < 4.78 is 6.35. The molecular formula is C32H37NO6. The van der Waals surface area contributed by atoms with E-state index in [-0.39, 0.29) is 43.3 Å². The number of fused-ring (bicyclic) bond motifs is 3. The van der Waals surface area contributed by atoms with Crippen molar-refractivity contribution in [1.82, 2.24) is 0 Å². The van der Waals surface area contributed by atoms with Crippen LogP contribution in [-0.2, 0) is 41.1 Å². The summed E-state index contributed by atoms with van der Waals surface area (Å²) in [6, 6.07) is 16.6. The number of ketones is 1. The van der Waals surface area contributed by atoms with Crippen molar-refractivity contribution in [2.75, 3.05) is 4.90 Å². The molecule has 3 aromatic carbocycles. The maximum Gasteiger partial charge on any atom is 0.164 e. The van der Waals surface area contributed by atoms with Gasteiger partial charge in [-0.1, -0.05) is 49.2 Å². The zero-order valence-corrected chi connectivity index (χ0v) is 22.6. The average Bonchev–Trinajstić information content (AvgIpc) is 3.33. The number of phenolic OH excluding ortho intramolecular Hbond substituents is 2. The van der Waals surface area contributed by atoms with Crippen molar-refractivity contribution in [1.29, 1.82) is 0 Å². The van der Waals surface area contributed by atoms with Gasteiger partial charge in [0, 0.05) is 30.5 Å². The molecule has 7 heteroatoms.